The van der Waals surface area contributed by atoms with Gasteiger partial charge in [-0.1, -0.05) is 6.07 Å². The molecule has 1 unspecified atom stereocenters. The maximum absolute atomic E-state index is 12.0. The van der Waals surface area contributed by atoms with Crippen LogP contribution in [-0.4, -0.2) is 25.2 Å². The Balaban J connectivity index is 1.58. The molecular weight excluding hydrogens is 252 g/mol. The zero-order chi connectivity index (χ0) is 13.8. The van der Waals surface area contributed by atoms with Gasteiger partial charge in [0.25, 0.3) is 0 Å². The Morgan fingerprint density at radius 3 is 3.15 bits per heavy atom. The molecule has 4 nitrogen and oxygen atoms in total. The number of anilines is 1. The minimum Gasteiger partial charge on any atom is -0.378 e. The number of ether oxygens (including phenoxy) is 1. The van der Waals surface area contributed by atoms with Gasteiger partial charge in [-0.2, -0.15) is 0 Å². The number of benzene rings is 1. The van der Waals surface area contributed by atoms with Crippen molar-refractivity contribution in [2.45, 2.75) is 44.8 Å². The van der Waals surface area contributed by atoms with Gasteiger partial charge in [0.15, 0.2) is 0 Å². The first kappa shape index (κ1) is 13.6. The third-order valence-electron chi connectivity index (χ3n) is 4.06. The Morgan fingerprint density at radius 1 is 1.35 bits per heavy atom. The third-order valence-corrected chi connectivity index (χ3v) is 4.06. The van der Waals surface area contributed by atoms with E-state index in [4.69, 9.17) is 4.74 Å². The lowest BCUT2D eigenvalue weighted by atomic mass is 10.0. The summed E-state index contributed by atoms with van der Waals surface area (Å²) in [6, 6.07) is 6.20. The summed E-state index contributed by atoms with van der Waals surface area (Å²) in [5.74, 6) is 0.0609. The van der Waals surface area contributed by atoms with Crippen molar-refractivity contribution in [3.8, 4) is 0 Å². The zero-order valence-electron chi connectivity index (χ0n) is 11.8. The van der Waals surface area contributed by atoms with E-state index in [1.165, 1.54) is 17.5 Å². The van der Waals surface area contributed by atoms with Crippen LogP contribution in [0.3, 0.4) is 0 Å². The van der Waals surface area contributed by atoms with Crippen molar-refractivity contribution in [2.75, 3.05) is 18.5 Å². The molecule has 0 saturated carbocycles. The molecule has 20 heavy (non-hydrogen) atoms. The van der Waals surface area contributed by atoms with Gasteiger partial charge in [0, 0.05) is 18.8 Å². The van der Waals surface area contributed by atoms with Crippen LogP contribution in [0.4, 0.5) is 5.69 Å². The average molecular weight is 274 g/mol. The molecule has 4 heteroatoms. The molecule has 2 heterocycles. The fraction of sp³-hybridized carbons (Fsp3) is 0.562. The van der Waals surface area contributed by atoms with E-state index in [2.05, 4.69) is 22.8 Å². The number of amides is 1. The number of hydrogen-bond acceptors (Lipinski definition) is 3. The quantitative estimate of drug-likeness (QED) is 0.888. The number of rotatable bonds is 3. The van der Waals surface area contributed by atoms with E-state index in [0.717, 1.165) is 44.6 Å². The van der Waals surface area contributed by atoms with Crippen molar-refractivity contribution in [1.82, 2.24) is 5.32 Å². The van der Waals surface area contributed by atoms with Crippen molar-refractivity contribution >= 4 is 11.6 Å². The molecule has 3 rings (SSSR count). The predicted molar refractivity (Wildman–Crippen MR) is 78.7 cm³/mol. The van der Waals surface area contributed by atoms with Crippen LogP contribution >= 0.6 is 0 Å². The lowest BCUT2D eigenvalue weighted by Crippen LogP contribution is -2.26. The molecule has 1 saturated heterocycles. The lowest BCUT2D eigenvalue weighted by Gasteiger charge is -2.22. The van der Waals surface area contributed by atoms with Crippen LogP contribution in [-0.2, 0) is 22.5 Å². The third kappa shape index (κ3) is 3.38. The van der Waals surface area contributed by atoms with Gasteiger partial charge in [0.2, 0.25) is 5.91 Å². The molecule has 0 aliphatic carbocycles. The van der Waals surface area contributed by atoms with E-state index in [1.807, 2.05) is 6.07 Å². The highest BCUT2D eigenvalue weighted by Crippen LogP contribution is 2.20. The number of nitrogens with one attached hydrogen (secondary N) is 2. The summed E-state index contributed by atoms with van der Waals surface area (Å²) < 4.78 is 5.61. The largest absolute Gasteiger partial charge is 0.378 e. The highest BCUT2D eigenvalue weighted by molar-refractivity contribution is 5.91. The van der Waals surface area contributed by atoms with Gasteiger partial charge in [0.1, 0.15) is 0 Å². The van der Waals surface area contributed by atoms with E-state index in [0.29, 0.717) is 6.42 Å². The van der Waals surface area contributed by atoms with Crippen LogP contribution in [0, 0.1) is 0 Å². The predicted octanol–water partition coefficient (Wildman–Crippen LogP) is 2.23. The Hall–Kier alpha value is -1.39. The van der Waals surface area contributed by atoms with Crippen LogP contribution in [0.2, 0.25) is 0 Å². The Bertz CT molecular complexity index is 481. The van der Waals surface area contributed by atoms with Crippen molar-refractivity contribution in [1.29, 1.82) is 0 Å². The zero-order valence-corrected chi connectivity index (χ0v) is 11.8. The van der Waals surface area contributed by atoms with E-state index < -0.39 is 0 Å². The first-order chi connectivity index (χ1) is 9.81. The van der Waals surface area contributed by atoms with E-state index in [-0.39, 0.29) is 12.0 Å². The Labute approximate surface area is 119 Å². The number of carbonyl (C=O) groups excluding carboxylic acids is 1. The number of carbonyl (C=O) groups is 1. The first-order valence-corrected chi connectivity index (χ1v) is 7.55. The summed E-state index contributed by atoms with van der Waals surface area (Å²) in [4.78, 5) is 12.0. The van der Waals surface area contributed by atoms with Crippen LogP contribution in [0.1, 0.15) is 36.8 Å². The van der Waals surface area contributed by atoms with Crippen molar-refractivity contribution < 1.29 is 9.53 Å². The van der Waals surface area contributed by atoms with Crippen molar-refractivity contribution in [3.63, 3.8) is 0 Å². The van der Waals surface area contributed by atoms with Gasteiger partial charge in [0.05, 0.1) is 12.5 Å². The fourth-order valence-electron chi connectivity index (χ4n) is 2.94. The number of hydrogen-bond donors (Lipinski definition) is 2. The monoisotopic (exact) mass is 274 g/mol. The second kappa shape index (κ2) is 6.37. The molecule has 1 atom stereocenters. The summed E-state index contributed by atoms with van der Waals surface area (Å²) in [5.41, 5.74) is 3.59. The molecule has 1 aromatic carbocycles. The second-order valence-electron chi connectivity index (χ2n) is 5.65. The lowest BCUT2D eigenvalue weighted by molar-refractivity contribution is -0.119. The van der Waals surface area contributed by atoms with Gasteiger partial charge in [-0.25, -0.2) is 0 Å². The molecule has 0 radical (unpaired) electrons. The first-order valence-electron chi connectivity index (χ1n) is 7.55. The highest BCUT2D eigenvalue weighted by Gasteiger charge is 2.18. The fourth-order valence-corrected chi connectivity index (χ4v) is 2.94. The van der Waals surface area contributed by atoms with Crippen LogP contribution in [0.5, 0.6) is 0 Å². The summed E-state index contributed by atoms with van der Waals surface area (Å²) in [5, 5.41) is 6.35. The average Bonchev–Trinajstić information content (AvgIpc) is 2.48. The number of fused-ring (bicyclic) bond motifs is 1. The summed E-state index contributed by atoms with van der Waals surface area (Å²) >= 11 is 0. The van der Waals surface area contributed by atoms with Gasteiger partial charge in [-0.05, 0) is 55.5 Å². The van der Waals surface area contributed by atoms with Crippen LogP contribution < -0.4 is 10.6 Å². The molecule has 2 aliphatic rings. The molecule has 1 aromatic rings. The Kier molecular flexibility index (Phi) is 4.33. The molecule has 0 aromatic heterocycles. The maximum Gasteiger partial charge on any atom is 0.226 e. The standard InChI is InChI=1S/C16H22N2O2/c19-16(10-15-3-1-2-8-20-15)18-14-5-4-13-11-17-7-6-12(13)9-14/h4-5,9,15,17H,1-3,6-8,10-11H2,(H,18,19). The SMILES string of the molecule is O=C(CC1CCCCO1)Nc1ccc2c(c1)CCNC2. The van der Waals surface area contributed by atoms with Crippen LogP contribution in [0.15, 0.2) is 18.2 Å². The van der Waals surface area contributed by atoms with Gasteiger partial charge in [-0.15, -0.1) is 0 Å². The molecule has 0 bridgehead atoms. The highest BCUT2D eigenvalue weighted by atomic mass is 16.5. The van der Waals surface area contributed by atoms with Gasteiger partial charge >= 0.3 is 0 Å². The molecule has 1 amide bonds. The van der Waals surface area contributed by atoms with Crippen molar-refractivity contribution in [2.24, 2.45) is 0 Å². The molecule has 108 valence electrons. The summed E-state index contributed by atoms with van der Waals surface area (Å²) in [6.45, 7) is 2.74. The van der Waals surface area contributed by atoms with Crippen molar-refractivity contribution in [3.05, 3.63) is 29.3 Å². The van der Waals surface area contributed by atoms with E-state index in [1.54, 1.807) is 0 Å². The van der Waals surface area contributed by atoms with Crippen LogP contribution in [0.25, 0.3) is 0 Å². The molecule has 2 N–H and O–H groups in total. The normalized spacial score (nSPS) is 22.1. The summed E-state index contributed by atoms with van der Waals surface area (Å²) in [6.07, 6.45) is 4.90. The van der Waals surface area contributed by atoms with E-state index >= 15 is 0 Å². The summed E-state index contributed by atoms with van der Waals surface area (Å²) in [7, 11) is 0. The second-order valence-corrected chi connectivity index (χ2v) is 5.65. The van der Waals surface area contributed by atoms with Gasteiger partial charge in [-0.3, -0.25) is 4.79 Å². The topological polar surface area (TPSA) is 50.4 Å². The Morgan fingerprint density at radius 2 is 2.30 bits per heavy atom. The van der Waals surface area contributed by atoms with Gasteiger partial charge < -0.3 is 15.4 Å². The molecule has 1 fully saturated rings. The molecule has 0 spiro atoms. The smallest absolute Gasteiger partial charge is 0.226 e. The molecule has 2 aliphatic heterocycles. The minimum absolute atomic E-state index is 0.0609. The minimum atomic E-state index is 0.0609. The van der Waals surface area contributed by atoms with E-state index in [9.17, 15) is 4.79 Å². The maximum atomic E-state index is 12.0. The molecular formula is C16H22N2O2.